The molecule has 0 heterocycles. The molecule has 3 N–H and O–H groups in total. The molecule has 0 aromatic rings. The molecular weight excluding hydrogens is 240 g/mol. The van der Waals surface area contributed by atoms with Crippen LogP contribution in [0, 0.1) is 17.3 Å². The first-order valence-electron chi connectivity index (χ1n) is 7.45. The van der Waals surface area contributed by atoms with Crippen LogP contribution in [0.3, 0.4) is 0 Å². The lowest BCUT2D eigenvalue weighted by Crippen LogP contribution is -2.39. The van der Waals surface area contributed by atoms with Gasteiger partial charge in [0.1, 0.15) is 0 Å². The summed E-state index contributed by atoms with van der Waals surface area (Å²) in [6.45, 7) is 6.56. The lowest BCUT2D eigenvalue weighted by molar-refractivity contribution is -0.126. The van der Waals surface area contributed by atoms with Crippen LogP contribution in [0.4, 0.5) is 0 Å². The topological polar surface area (TPSA) is 64.3 Å². The average molecular weight is 270 g/mol. The van der Waals surface area contributed by atoms with E-state index >= 15 is 0 Å². The summed E-state index contributed by atoms with van der Waals surface area (Å²) in [5.41, 5.74) is 5.77. The molecule has 0 aromatic carbocycles. The summed E-state index contributed by atoms with van der Waals surface area (Å²) in [5.74, 6) is 1.05. The van der Waals surface area contributed by atoms with Crippen molar-refractivity contribution in [3.8, 4) is 0 Å². The Morgan fingerprint density at radius 3 is 2.47 bits per heavy atom. The molecule has 1 amide bonds. The molecule has 0 radical (unpaired) electrons. The van der Waals surface area contributed by atoms with Crippen LogP contribution < -0.4 is 11.1 Å². The number of amides is 1. The maximum atomic E-state index is 12.1. The first-order chi connectivity index (χ1) is 8.98. The number of carbonyl (C=O) groups is 1. The summed E-state index contributed by atoms with van der Waals surface area (Å²) in [7, 11) is 1.71. The van der Waals surface area contributed by atoms with Gasteiger partial charge >= 0.3 is 0 Å². The van der Waals surface area contributed by atoms with Crippen LogP contribution in [-0.2, 0) is 9.53 Å². The van der Waals surface area contributed by atoms with E-state index in [1.807, 2.05) is 0 Å². The third-order valence-corrected chi connectivity index (χ3v) is 4.28. The van der Waals surface area contributed by atoms with E-state index in [9.17, 15) is 4.79 Å². The molecule has 1 aliphatic rings. The average Bonchev–Trinajstić information content (AvgIpc) is 2.43. The Morgan fingerprint density at radius 2 is 1.95 bits per heavy atom. The SMILES string of the molecule is COCCC(C)(C)CNC(=O)C1CCC(CN)CC1. The van der Waals surface area contributed by atoms with Gasteiger partial charge in [-0.3, -0.25) is 4.79 Å². The number of hydrogen-bond donors (Lipinski definition) is 2. The van der Waals surface area contributed by atoms with E-state index in [1.54, 1.807) is 7.11 Å². The van der Waals surface area contributed by atoms with E-state index in [1.165, 1.54) is 0 Å². The van der Waals surface area contributed by atoms with Crippen LogP contribution in [0.1, 0.15) is 46.0 Å². The smallest absolute Gasteiger partial charge is 0.223 e. The zero-order valence-electron chi connectivity index (χ0n) is 12.7. The second-order valence-corrected chi connectivity index (χ2v) is 6.58. The van der Waals surface area contributed by atoms with Gasteiger partial charge in [-0.1, -0.05) is 13.8 Å². The molecule has 0 bridgehead atoms. The van der Waals surface area contributed by atoms with Crippen molar-refractivity contribution in [1.29, 1.82) is 0 Å². The summed E-state index contributed by atoms with van der Waals surface area (Å²) in [6, 6.07) is 0. The molecule has 1 fully saturated rings. The van der Waals surface area contributed by atoms with Gasteiger partial charge in [-0.05, 0) is 50.0 Å². The summed E-state index contributed by atoms with van der Waals surface area (Å²) in [4.78, 5) is 12.1. The van der Waals surface area contributed by atoms with E-state index in [2.05, 4.69) is 19.2 Å². The third-order valence-electron chi connectivity index (χ3n) is 4.28. The second kappa shape index (κ2) is 7.85. The van der Waals surface area contributed by atoms with Crippen molar-refractivity contribution in [3.63, 3.8) is 0 Å². The van der Waals surface area contributed by atoms with E-state index in [4.69, 9.17) is 10.5 Å². The minimum absolute atomic E-state index is 0.0974. The summed E-state index contributed by atoms with van der Waals surface area (Å²) < 4.78 is 5.10. The van der Waals surface area contributed by atoms with Gasteiger partial charge in [0.15, 0.2) is 0 Å². The van der Waals surface area contributed by atoms with Crippen LogP contribution in [0.25, 0.3) is 0 Å². The fourth-order valence-electron chi connectivity index (χ4n) is 2.60. The third kappa shape index (κ3) is 5.91. The molecule has 4 heteroatoms. The van der Waals surface area contributed by atoms with Gasteiger partial charge in [0, 0.05) is 26.2 Å². The summed E-state index contributed by atoms with van der Waals surface area (Å²) in [6.07, 6.45) is 5.14. The molecule has 0 saturated heterocycles. The van der Waals surface area contributed by atoms with Gasteiger partial charge in [-0.2, -0.15) is 0 Å². The fourth-order valence-corrected chi connectivity index (χ4v) is 2.60. The molecule has 19 heavy (non-hydrogen) atoms. The van der Waals surface area contributed by atoms with Crippen molar-refractivity contribution in [3.05, 3.63) is 0 Å². The van der Waals surface area contributed by atoms with Gasteiger partial charge in [0.05, 0.1) is 0 Å². The summed E-state index contributed by atoms with van der Waals surface area (Å²) >= 11 is 0. The minimum atomic E-state index is 0.0974. The fraction of sp³-hybridized carbons (Fsp3) is 0.933. The number of rotatable bonds is 7. The highest BCUT2D eigenvalue weighted by molar-refractivity contribution is 5.78. The lowest BCUT2D eigenvalue weighted by Gasteiger charge is -2.29. The Labute approximate surface area is 117 Å². The molecule has 1 aliphatic carbocycles. The Kier molecular flexibility index (Phi) is 6.80. The summed E-state index contributed by atoms with van der Waals surface area (Å²) in [5, 5.41) is 3.11. The number of ether oxygens (including phenoxy) is 1. The van der Waals surface area contributed by atoms with Crippen molar-refractivity contribution in [2.75, 3.05) is 26.8 Å². The van der Waals surface area contributed by atoms with Crippen molar-refractivity contribution in [2.45, 2.75) is 46.0 Å². The Balaban J connectivity index is 2.27. The normalized spacial score (nSPS) is 24.2. The van der Waals surface area contributed by atoms with Crippen LogP contribution in [0.15, 0.2) is 0 Å². The Morgan fingerprint density at radius 1 is 1.32 bits per heavy atom. The predicted octanol–water partition coefficient (Wildman–Crippen LogP) is 1.93. The highest BCUT2D eigenvalue weighted by Gasteiger charge is 2.27. The first kappa shape index (κ1) is 16.4. The standard InChI is InChI=1S/C15H30N2O2/c1-15(2,8-9-19-3)11-17-14(18)13-6-4-12(10-16)5-7-13/h12-13H,4-11,16H2,1-3H3,(H,17,18). The number of methoxy groups -OCH3 is 1. The molecule has 4 nitrogen and oxygen atoms in total. The maximum absolute atomic E-state index is 12.1. The Hall–Kier alpha value is -0.610. The highest BCUT2D eigenvalue weighted by atomic mass is 16.5. The van der Waals surface area contributed by atoms with Gasteiger partial charge < -0.3 is 15.8 Å². The predicted molar refractivity (Wildman–Crippen MR) is 77.8 cm³/mol. The zero-order chi connectivity index (χ0) is 14.3. The maximum Gasteiger partial charge on any atom is 0.223 e. The number of carbonyl (C=O) groups excluding carboxylic acids is 1. The Bertz CT molecular complexity index is 271. The molecule has 1 rings (SSSR count). The van der Waals surface area contributed by atoms with Crippen LogP contribution in [-0.4, -0.2) is 32.7 Å². The van der Waals surface area contributed by atoms with Crippen molar-refractivity contribution in [2.24, 2.45) is 23.0 Å². The quantitative estimate of drug-likeness (QED) is 0.743. The van der Waals surface area contributed by atoms with Crippen LogP contribution in [0.5, 0.6) is 0 Å². The largest absolute Gasteiger partial charge is 0.385 e. The molecule has 112 valence electrons. The van der Waals surface area contributed by atoms with Crippen LogP contribution in [0.2, 0.25) is 0 Å². The van der Waals surface area contributed by atoms with Crippen molar-refractivity contribution < 1.29 is 9.53 Å². The van der Waals surface area contributed by atoms with Gasteiger partial charge in [-0.15, -0.1) is 0 Å². The molecule has 0 aliphatic heterocycles. The van der Waals surface area contributed by atoms with E-state index in [0.29, 0.717) is 5.92 Å². The van der Waals surface area contributed by atoms with Crippen molar-refractivity contribution in [1.82, 2.24) is 5.32 Å². The van der Waals surface area contributed by atoms with Gasteiger partial charge in [-0.25, -0.2) is 0 Å². The van der Waals surface area contributed by atoms with Gasteiger partial charge in [0.2, 0.25) is 5.91 Å². The lowest BCUT2D eigenvalue weighted by atomic mass is 9.81. The monoisotopic (exact) mass is 270 g/mol. The van der Waals surface area contributed by atoms with E-state index in [0.717, 1.165) is 51.8 Å². The molecule has 0 aromatic heterocycles. The van der Waals surface area contributed by atoms with E-state index in [-0.39, 0.29) is 17.2 Å². The number of nitrogens with one attached hydrogen (secondary N) is 1. The second-order valence-electron chi connectivity index (χ2n) is 6.58. The first-order valence-corrected chi connectivity index (χ1v) is 7.45. The van der Waals surface area contributed by atoms with Gasteiger partial charge in [0.25, 0.3) is 0 Å². The molecule has 0 unspecified atom stereocenters. The zero-order valence-corrected chi connectivity index (χ0v) is 12.7. The number of nitrogens with two attached hydrogens (primary N) is 1. The molecule has 1 saturated carbocycles. The molecule has 0 atom stereocenters. The molecule has 0 spiro atoms. The van der Waals surface area contributed by atoms with E-state index < -0.39 is 0 Å². The highest BCUT2D eigenvalue weighted by Crippen LogP contribution is 2.28. The van der Waals surface area contributed by atoms with Crippen LogP contribution >= 0.6 is 0 Å². The number of hydrogen-bond acceptors (Lipinski definition) is 3. The molecular formula is C15H30N2O2. The van der Waals surface area contributed by atoms with Crippen molar-refractivity contribution >= 4 is 5.91 Å². The minimum Gasteiger partial charge on any atom is -0.385 e.